The van der Waals surface area contributed by atoms with E-state index in [1.54, 1.807) is 4.52 Å². The summed E-state index contributed by atoms with van der Waals surface area (Å²) in [6.07, 6.45) is 1.88. The lowest BCUT2D eigenvalue weighted by atomic mass is 10.4. The predicted octanol–water partition coefficient (Wildman–Crippen LogP) is 1.55. The predicted molar refractivity (Wildman–Crippen MR) is 51.7 cm³/mol. The summed E-state index contributed by atoms with van der Waals surface area (Å²) in [5, 5.41) is 7.40. The van der Waals surface area contributed by atoms with Gasteiger partial charge in [0.2, 0.25) is 5.95 Å². The molecule has 0 saturated heterocycles. The number of hydrogen-bond donors (Lipinski definition) is 1. The van der Waals surface area contributed by atoms with E-state index >= 15 is 0 Å². The monoisotopic (exact) mass is 176 g/mol. The van der Waals surface area contributed by atoms with Crippen LogP contribution in [0.15, 0.2) is 24.4 Å². The van der Waals surface area contributed by atoms with Crippen LogP contribution >= 0.6 is 0 Å². The molecular formula is C9H12N4. The molecule has 13 heavy (non-hydrogen) atoms. The van der Waals surface area contributed by atoms with Gasteiger partial charge < -0.3 is 5.32 Å². The highest BCUT2D eigenvalue weighted by Gasteiger charge is 2.02. The molecule has 2 aromatic heterocycles. The minimum atomic E-state index is 0.359. The molecule has 68 valence electrons. The zero-order chi connectivity index (χ0) is 9.26. The van der Waals surface area contributed by atoms with E-state index in [1.165, 1.54) is 0 Å². The summed E-state index contributed by atoms with van der Waals surface area (Å²) in [6, 6.07) is 6.17. The lowest BCUT2D eigenvalue weighted by molar-refractivity contribution is 0.865. The van der Waals surface area contributed by atoms with E-state index in [2.05, 4.69) is 29.2 Å². The number of nitrogens with zero attached hydrogens (tertiary/aromatic N) is 3. The van der Waals surface area contributed by atoms with Crippen molar-refractivity contribution < 1.29 is 0 Å². The van der Waals surface area contributed by atoms with Gasteiger partial charge in [0.15, 0.2) is 5.65 Å². The van der Waals surface area contributed by atoms with E-state index in [-0.39, 0.29) is 0 Å². The van der Waals surface area contributed by atoms with Crippen LogP contribution in [-0.2, 0) is 0 Å². The molecule has 0 aliphatic carbocycles. The van der Waals surface area contributed by atoms with Crippen molar-refractivity contribution in [1.29, 1.82) is 0 Å². The minimum absolute atomic E-state index is 0.359. The lowest BCUT2D eigenvalue weighted by Crippen LogP contribution is -2.10. The molecule has 0 spiro atoms. The Hall–Kier alpha value is -1.58. The summed E-state index contributed by atoms with van der Waals surface area (Å²) < 4.78 is 1.75. The van der Waals surface area contributed by atoms with Gasteiger partial charge >= 0.3 is 0 Å². The van der Waals surface area contributed by atoms with Crippen LogP contribution in [0.4, 0.5) is 5.95 Å². The summed E-state index contributed by atoms with van der Waals surface area (Å²) in [7, 11) is 0. The van der Waals surface area contributed by atoms with Crippen LogP contribution in [0.2, 0.25) is 0 Å². The number of anilines is 1. The first-order valence-corrected chi connectivity index (χ1v) is 4.33. The first-order chi connectivity index (χ1) is 6.25. The van der Waals surface area contributed by atoms with Gasteiger partial charge in [-0.15, -0.1) is 5.10 Å². The summed E-state index contributed by atoms with van der Waals surface area (Å²) >= 11 is 0. The Labute approximate surface area is 76.6 Å². The van der Waals surface area contributed by atoms with Crippen molar-refractivity contribution in [2.24, 2.45) is 0 Å². The Morgan fingerprint density at radius 2 is 2.23 bits per heavy atom. The number of fused-ring (bicyclic) bond motifs is 1. The summed E-state index contributed by atoms with van der Waals surface area (Å²) in [5.41, 5.74) is 0.866. The third-order valence-electron chi connectivity index (χ3n) is 1.66. The number of pyridine rings is 1. The fraction of sp³-hybridized carbons (Fsp3) is 0.333. The fourth-order valence-electron chi connectivity index (χ4n) is 1.15. The van der Waals surface area contributed by atoms with Crippen LogP contribution in [0.25, 0.3) is 5.65 Å². The number of aromatic nitrogens is 3. The SMILES string of the molecule is CC(C)Nc1nc2ccccn2n1. The molecule has 0 unspecified atom stereocenters. The molecule has 2 aromatic rings. The molecule has 0 radical (unpaired) electrons. The Kier molecular flexibility index (Phi) is 1.88. The third-order valence-corrected chi connectivity index (χ3v) is 1.66. The molecule has 0 aromatic carbocycles. The Morgan fingerprint density at radius 1 is 1.38 bits per heavy atom. The van der Waals surface area contributed by atoms with Crippen LogP contribution in [0.1, 0.15) is 13.8 Å². The highest BCUT2D eigenvalue weighted by Crippen LogP contribution is 2.04. The van der Waals surface area contributed by atoms with Gasteiger partial charge in [0, 0.05) is 12.2 Å². The quantitative estimate of drug-likeness (QED) is 0.754. The van der Waals surface area contributed by atoms with Crippen LogP contribution in [0.5, 0.6) is 0 Å². The van der Waals surface area contributed by atoms with Crippen molar-refractivity contribution in [1.82, 2.24) is 14.6 Å². The van der Waals surface area contributed by atoms with Crippen molar-refractivity contribution in [3.63, 3.8) is 0 Å². The molecule has 2 heterocycles. The van der Waals surface area contributed by atoms with Crippen molar-refractivity contribution in [2.45, 2.75) is 19.9 Å². The van der Waals surface area contributed by atoms with E-state index in [4.69, 9.17) is 0 Å². The molecule has 0 bridgehead atoms. The van der Waals surface area contributed by atoms with Gasteiger partial charge in [-0.25, -0.2) is 4.52 Å². The molecule has 0 fully saturated rings. The molecule has 0 saturated carbocycles. The third kappa shape index (κ3) is 1.61. The first-order valence-electron chi connectivity index (χ1n) is 4.33. The zero-order valence-electron chi connectivity index (χ0n) is 7.73. The van der Waals surface area contributed by atoms with Gasteiger partial charge in [0.1, 0.15) is 0 Å². The Morgan fingerprint density at radius 3 is 2.92 bits per heavy atom. The second-order valence-electron chi connectivity index (χ2n) is 3.24. The molecular weight excluding hydrogens is 164 g/mol. The number of nitrogens with one attached hydrogen (secondary N) is 1. The lowest BCUT2D eigenvalue weighted by Gasteiger charge is -2.02. The van der Waals surface area contributed by atoms with Crippen LogP contribution in [0.3, 0.4) is 0 Å². The molecule has 0 atom stereocenters. The topological polar surface area (TPSA) is 42.2 Å². The summed E-state index contributed by atoms with van der Waals surface area (Å²) in [5.74, 6) is 0.682. The molecule has 4 nitrogen and oxygen atoms in total. The van der Waals surface area contributed by atoms with Crippen molar-refractivity contribution in [3.05, 3.63) is 24.4 Å². The standard InChI is InChI=1S/C9H12N4/c1-7(2)10-9-11-8-5-3-4-6-13(8)12-9/h3-7H,1-2H3,(H,10,12). The smallest absolute Gasteiger partial charge is 0.243 e. The second-order valence-corrected chi connectivity index (χ2v) is 3.24. The van der Waals surface area contributed by atoms with E-state index in [0.717, 1.165) is 5.65 Å². The number of rotatable bonds is 2. The zero-order valence-corrected chi connectivity index (χ0v) is 7.73. The Bertz CT molecular complexity index is 372. The highest BCUT2D eigenvalue weighted by molar-refractivity contribution is 5.42. The molecule has 4 heteroatoms. The van der Waals surface area contributed by atoms with E-state index in [9.17, 15) is 0 Å². The van der Waals surface area contributed by atoms with Crippen LogP contribution in [-0.4, -0.2) is 20.6 Å². The first kappa shape index (κ1) is 8.04. The van der Waals surface area contributed by atoms with Gasteiger partial charge in [0.05, 0.1) is 0 Å². The maximum Gasteiger partial charge on any atom is 0.243 e. The van der Waals surface area contributed by atoms with Gasteiger partial charge in [-0.1, -0.05) is 6.07 Å². The normalized spacial score (nSPS) is 11.0. The van der Waals surface area contributed by atoms with E-state index in [1.807, 2.05) is 24.4 Å². The van der Waals surface area contributed by atoms with Gasteiger partial charge in [-0.2, -0.15) is 4.98 Å². The van der Waals surface area contributed by atoms with E-state index < -0.39 is 0 Å². The molecule has 1 N–H and O–H groups in total. The van der Waals surface area contributed by atoms with Gasteiger partial charge in [-0.3, -0.25) is 0 Å². The molecule has 0 amide bonds. The summed E-state index contributed by atoms with van der Waals surface area (Å²) in [6.45, 7) is 4.12. The van der Waals surface area contributed by atoms with Crippen LogP contribution < -0.4 is 5.32 Å². The van der Waals surface area contributed by atoms with Gasteiger partial charge in [-0.05, 0) is 26.0 Å². The van der Waals surface area contributed by atoms with Crippen molar-refractivity contribution in [3.8, 4) is 0 Å². The van der Waals surface area contributed by atoms with Crippen molar-refractivity contribution >= 4 is 11.6 Å². The second kappa shape index (κ2) is 3.05. The highest BCUT2D eigenvalue weighted by atomic mass is 15.3. The fourth-order valence-corrected chi connectivity index (χ4v) is 1.15. The number of hydrogen-bond acceptors (Lipinski definition) is 3. The average molecular weight is 176 g/mol. The van der Waals surface area contributed by atoms with E-state index in [0.29, 0.717) is 12.0 Å². The van der Waals surface area contributed by atoms with Crippen LogP contribution in [0, 0.1) is 0 Å². The molecule has 2 rings (SSSR count). The Balaban J connectivity index is 2.38. The van der Waals surface area contributed by atoms with Crippen molar-refractivity contribution in [2.75, 3.05) is 5.32 Å². The minimum Gasteiger partial charge on any atom is -0.351 e. The van der Waals surface area contributed by atoms with Gasteiger partial charge in [0.25, 0.3) is 0 Å². The summed E-state index contributed by atoms with van der Waals surface area (Å²) in [4.78, 5) is 4.29. The maximum atomic E-state index is 4.29. The molecule has 0 aliphatic heterocycles. The largest absolute Gasteiger partial charge is 0.351 e. The maximum absolute atomic E-state index is 4.29. The average Bonchev–Trinajstić information content (AvgIpc) is 2.44. The molecule has 0 aliphatic rings.